The van der Waals surface area contributed by atoms with Gasteiger partial charge in [0.2, 0.25) is 0 Å². The van der Waals surface area contributed by atoms with Gasteiger partial charge in [-0.15, -0.1) is 0 Å². The Labute approximate surface area is 104 Å². The van der Waals surface area contributed by atoms with Crippen molar-refractivity contribution in [2.24, 2.45) is 5.11 Å². The number of nitrogens with zero attached hydrogens (tertiary/aromatic N) is 4. The Bertz CT molecular complexity index is 600. The van der Waals surface area contributed by atoms with Gasteiger partial charge in [0.1, 0.15) is 17.2 Å². The summed E-state index contributed by atoms with van der Waals surface area (Å²) in [5.74, 6) is 1.34. The summed E-state index contributed by atoms with van der Waals surface area (Å²) in [7, 11) is 1.60. The quantitative estimate of drug-likeness (QED) is 0.469. The van der Waals surface area contributed by atoms with E-state index in [2.05, 4.69) is 15.2 Å². The zero-order valence-electron chi connectivity index (χ0n) is 10.1. The summed E-state index contributed by atoms with van der Waals surface area (Å²) in [6.07, 6.45) is 0. The van der Waals surface area contributed by atoms with Gasteiger partial charge in [0.25, 0.3) is 0 Å². The van der Waals surface area contributed by atoms with Crippen LogP contribution in [0.2, 0.25) is 0 Å². The van der Waals surface area contributed by atoms with Crippen LogP contribution >= 0.6 is 0 Å². The van der Waals surface area contributed by atoms with E-state index in [-0.39, 0.29) is 6.54 Å². The molecule has 6 nitrogen and oxygen atoms in total. The van der Waals surface area contributed by atoms with Crippen LogP contribution in [0.3, 0.4) is 0 Å². The second-order valence-corrected chi connectivity index (χ2v) is 3.66. The largest absolute Gasteiger partial charge is 0.496 e. The minimum Gasteiger partial charge on any atom is -0.496 e. The molecule has 0 saturated heterocycles. The highest BCUT2D eigenvalue weighted by atomic mass is 16.5. The second-order valence-electron chi connectivity index (χ2n) is 3.66. The summed E-state index contributed by atoms with van der Waals surface area (Å²) in [5, 5.41) is 7.57. The maximum Gasteiger partial charge on any atom is 0.137 e. The summed E-state index contributed by atoms with van der Waals surface area (Å²) in [6, 6.07) is 7.49. The fourth-order valence-electron chi connectivity index (χ4n) is 1.73. The van der Waals surface area contributed by atoms with E-state index in [4.69, 9.17) is 14.8 Å². The Kier molecular flexibility index (Phi) is 3.50. The number of hydrogen-bond acceptors (Lipinski definition) is 4. The lowest BCUT2D eigenvalue weighted by Crippen LogP contribution is -1.91. The Morgan fingerprint density at radius 3 is 2.94 bits per heavy atom. The van der Waals surface area contributed by atoms with Gasteiger partial charge in [0, 0.05) is 16.0 Å². The molecule has 0 fully saturated rings. The van der Waals surface area contributed by atoms with Crippen LogP contribution in [-0.2, 0) is 6.54 Å². The number of ether oxygens (including phenoxy) is 1. The Hall–Kier alpha value is -2.46. The molecule has 0 amide bonds. The lowest BCUT2D eigenvalue weighted by atomic mass is 10.1. The number of hydrogen-bond donors (Lipinski definition) is 0. The monoisotopic (exact) mass is 244 g/mol. The Morgan fingerprint density at radius 1 is 1.44 bits per heavy atom. The Morgan fingerprint density at radius 2 is 2.22 bits per heavy atom. The molecule has 1 heterocycles. The molecule has 0 aliphatic carbocycles. The van der Waals surface area contributed by atoms with E-state index in [0.717, 1.165) is 11.1 Å². The molecule has 0 atom stereocenters. The highest BCUT2D eigenvalue weighted by Gasteiger charge is 2.16. The minimum absolute atomic E-state index is 0.208. The molecule has 6 heteroatoms. The van der Waals surface area contributed by atoms with Crippen molar-refractivity contribution in [1.82, 2.24) is 5.16 Å². The number of benzene rings is 1. The topological polar surface area (TPSA) is 84.0 Å². The third kappa shape index (κ3) is 2.14. The number of rotatable bonds is 4. The van der Waals surface area contributed by atoms with E-state index in [0.29, 0.717) is 17.2 Å². The predicted molar refractivity (Wildman–Crippen MR) is 66.1 cm³/mol. The van der Waals surface area contributed by atoms with E-state index in [9.17, 15) is 0 Å². The van der Waals surface area contributed by atoms with Crippen molar-refractivity contribution in [3.05, 3.63) is 46.0 Å². The zero-order chi connectivity index (χ0) is 13.0. The van der Waals surface area contributed by atoms with Crippen molar-refractivity contribution >= 4 is 0 Å². The van der Waals surface area contributed by atoms with Crippen LogP contribution in [0.1, 0.15) is 11.3 Å². The normalized spacial score (nSPS) is 9.89. The highest BCUT2D eigenvalue weighted by molar-refractivity contribution is 5.70. The SMILES string of the molecule is COc1ccccc1-c1noc(C)c1CN=[N+]=[N-]. The van der Waals surface area contributed by atoms with E-state index in [1.54, 1.807) is 14.0 Å². The molecule has 0 bridgehead atoms. The molecule has 0 aliphatic rings. The van der Waals surface area contributed by atoms with Gasteiger partial charge in [-0.05, 0) is 24.6 Å². The van der Waals surface area contributed by atoms with Crippen molar-refractivity contribution < 1.29 is 9.26 Å². The molecule has 0 spiro atoms. The van der Waals surface area contributed by atoms with Gasteiger partial charge in [-0.1, -0.05) is 22.4 Å². The molecule has 0 aliphatic heterocycles. The highest BCUT2D eigenvalue weighted by Crippen LogP contribution is 2.32. The summed E-state index contributed by atoms with van der Waals surface area (Å²) >= 11 is 0. The van der Waals surface area contributed by atoms with Crippen molar-refractivity contribution in [1.29, 1.82) is 0 Å². The summed E-state index contributed by atoms with van der Waals surface area (Å²) in [4.78, 5) is 2.75. The lowest BCUT2D eigenvalue weighted by Gasteiger charge is -2.06. The average molecular weight is 244 g/mol. The van der Waals surface area contributed by atoms with Crippen LogP contribution in [-0.4, -0.2) is 12.3 Å². The number of aromatic nitrogens is 1. The molecule has 0 N–H and O–H groups in total. The van der Waals surface area contributed by atoms with E-state index < -0.39 is 0 Å². The number of para-hydroxylation sites is 1. The Balaban J connectivity index is 2.53. The standard InChI is InChI=1S/C12H12N4O2/c1-8-10(7-14-16-13)12(15-18-8)9-5-3-4-6-11(9)17-2/h3-6H,7H2,1-2H3. The minimum atomic E-state index is 0.208. The van der Waals surface area contributed by atoms with Crippen LogP contribution in [0.5, 0.6) is 5.75 Å². The third-order valence-corrected chi connectivity index (χ3v) is 2.64. The van der Waals surface area contributed by atoms with Crippen LogP contribution in [0, 0.1) is 6.92 Å². The fraction of sp³-hybridized carbons (Fsp3) is 0.250. The number of aryl methyl sites for hydroxylation is 1. The smallest absolute Gasteiger partial charge is 0.137 e. The van der Waals surface area contributed by atoms with E-state index >= 15 is 0 Å². The van der Waals surface area contributed by atoms with Gasteiger partial charge < -0.3 is 9.26 Å². The first kappa shape index (κ1) is 12.0. The van der Waals surface area contributed by atoms with Gasteiger partial charge in [-0.2, -0.15) is 0 Å². The van der Waals surface area contributed by atoms with Gasteiger partial charge in [-0.3, -0.25) is 0 Å². The number of methoxy groups -OCH3 is 1. The van der Waals surface area contributed by atoms with E-state index in [1.165, 1.54) is 0 Å². The van der Waals surface area contributed by atoms with Crippen molar-refractivity contribution in [3.8, 4) is 17.0 Å². The van der Waals surface area contributed by atoms with Gasteiger partial charge in [-0.25, -0.2) is 0 Å². The van der Waals surface area contributed by atoms with Crippen LogP contribution < -0.4 is 4.74 Å². The first-order chi connectivity index (χ1) is 8.77. The summed E-state index contributed by atoms with van der Waals surface area (Å²) in [5.41, 5.74) is 10.6. The predicted octanol–water partition coefficient (Wildman–Crippen LogP) is 3.47. The molecule has 2 aromatic rings. The molecule has 0 radical (unpaired) electrons. The summed E-state index contributed by atoms with van der Waals surface area (Å²) < 4.78 is 10.4. The van der Waals surface area contributed by atoms with Crippen LogP contribution in [0.4, 0.5) is 0 Å². The van der Waals surface area contributed by atoms with Gasteiger partial charge in [0.15, 0.2) is 0 Å². The number of azide groups is 1. The lowest BCUT2D eigenvalue weighted by molar-refractivity contribution is 0.396. The van der Waals surface area contributed by atoms with Gasteiger partial charge in [0.05, 0.1) is 13.7 Å². The molecule has 1 aromatic carbocycles. The van der Waals surface area contributed by atoms with Crippen LogP contribution in [0.25, 0.3) is 21.7 Å². The van der Waals surface area contributed by atoms with Crippen LogP contribution in [0.15, 0.2) is 33.9 Å². The van der Waals surface area contributed by atoms with Crippen molar-refractivity contribution in [3.63, 3.8) is 0 Å². The zero-order valence-corrected chi connectivity index (χ0v) is 10.1. The fourth-order valence-corrected chi connectivity index (χ4v) is 1.73. The average Bonchev–Trinajstić information content (AvgIpc) is 2.77. The molecule has 0 saturated carbocycles. The summed E-state index contributed by atoms with van der Waals surface area (Å²) in [6.45, 7) is 1.99. The van der Waals surface area contributed by atoms with Crippen molar-refractivity contribution in [2.45, 2.75) is 13.5 Å². The molecule has 92 valence electrons. The maximum atomic E-state index is 8.40. The third-order valence-electron chi connectivity index (χ3n) is 2.64. The first-order valence-electron chi connectivity index (χ1n) is 5.37. The van der Waals surface area contributed by atoms with E-state index in [1.807, 2.05) is 24.3 Å². The first-order valence-corrected chi connectivity index (χ1v) is 5.37. The second kappa shape index (κ2) is 5.25. The maximum absolute atomic E-state index is 8.40. The molecule has 1 aromatic heterocycles. The molecular weight excluding hydrogens is 232 g/mol. The molecule has 18 heavy (non-hydrogen) atoms. The van der Waals surface area contributed by atoms with Crippen molar-refractivity contribution in [2.75, 3.05) is 7.11 Å². The molecule has 2 rings (SSSR count). The van der Waals surface area contributed by atoms with Gasteiger partial charge >= 0.3 is 0 Å². The molecular formula is C12H12N4O2. The molecule has 0 unspecified atom stereocenters.